The van der Waals surface area contributed by atoms with Crippen LogP contribution in [-0.4, -0.2) is 18.1 Å². The van der Waals surface area contributed by atoms with Crippen molar-refractivity contribution in [3.8, 4) is 0 Å². The van der Waals surface area contributed by atoms with E-state index in [1.165, 1.54) is 42.8 Å². The standard InChI is InChI=1S/C19H31NS/c1-4-11-20-19(14-21-13-15(2)3)18-10-6-9-17(12-18)16-7-5-8-16/h6,9-10,12,15-16,19-20H,4-5,7-8,11,13-14H2,1-3H3. The summed E-state index contributed by atoms with van der Waals surface area (Å²) in [5.74, 6) is 4.06. The molecule has 0 heterocycles. The highest BCUT2D eigenvalue weighted by Gasteiger charge is 2.20. The van der Waals surface area contributed by atoms with Gasteiger partial charge in [-0.2, -0.15) is 11.8 Å². The zero-order chi connectivity index (χ0) is 15.1. The van der Waals surface area contributed by atoms with Crippen molar-refractivity contribution in [1.29, 1.82) is 0 Å². The molecule has 1 aliphatic rings. The van der Waals surface area contributed by atoms with Crippen LogP contribution in [0.4, 0.5) is 0 Å². The SMILES string of the molecule is CCCNC(CSCC(C)C)c1cccc(C2CCC2)c1. The van der Waals surface area contributed by atoms with Gasteiger partial charge in [0.1, 0.15) is 0 Å². The van der Waals surface area contributed by atoms with E-state index in [1.807, 2.05) is 0 Å². The minimum atomic E-state index is 0.508. The van der Waals surface area contributed by atoms with Crippen molar-refractivity contribution in [3.63, 3.8) is 0 Å². The monoisotopic (exact) mass is 305 g/mol. The molecule has 1 saturated carbocycles. The van der Waals surface area contributed by atoms with Crippen LogP contribution >= 0.6 is 11.8 Å². The summed E-state index contributed by atoms with van der Waals surface area (Å²) in [5, 5.41) is 3.74. The van der Waals surface area contributed by atoms with E-state index in [4.69, 9.17) is 0 Å². The Kier molecular flexibility index (Phi) is 7.12. The average Bonchev–Trinajstić information content (AvgIpc) is 2.40. The second-order valence-corrected chi connectivity index (χ2v) is 7.81. The van der Waals surface area contributed by atoms with E-state index in [1.54, 1.807) is 5.56 Å². The Morgan fingerprint density at radius 2 is 2.05 bits per heavy atom. The highest BCUT2D eigenvalue weighted by molar-refractivity contribution is 7.99. The lowest BCUT2D eigenvalue weighted by molar-refractivity contribution is 0.419. The molecule has 118 valence electrons. The topological polar surface area (TPSA) is 12.0 Å². The van der Waals surface area contributed by atoms with E-state index in [0.717, 1.165) is 18.4 Å². The van der Waals surface area contributed by atoms with Gasteiger partial charge < -0.3 is 5.32 Å². The van der Waals surface area contributed by atoms with Crippen LogP contribution in [0.15, 0.2) is 24.3 Å². The molecule has 0 aliphatic heterocycles. The highest BCUT2D eigenvalue weighted by atomic mass is 32.2. The fraction of sp³-hybridized carbons (Fsp3) is 0.684. The van der Waals surface area contributed by atoms with Crippen molar-refractivity contribution in [2.75, 3.05) is 18.1 Å². The molecule has 0 spiro atoms. The molecule has 1 aromatic rings. The van der Waals surface area contributed by atoms with Crippen LogP contribution in [0.2, 0.25) is 0 Å². The third kappa shape index (κ3) is 5.34. The van der Waals surface area contributed by atoms with E-state index in [9.17, 15) is 0 Å². The predicted molar refractivity (Wildman–Crippen MR) is 96.2 cm³/mol. The first-order valence-electron chi connectivity index (χ1n) is 8.61. The maximum atomic E-state index is 3.74. The summed E-state index contributed by atoms with van der Waals surface area (Å²) in [6, 6.07) is 9.87. The minimum absolute atomic E-state index is 0.508. The van der Waals surface area contributed by atoms with Gasteiger partial charge in [0.25, 0.3) is 0 Å². The van der Waals surface area contributed by atoms with Crippen molar-refractivity contribution in [2.45, 2.75) is 58.4 Å². The molecule has 0 saturated heterocycles. The normalized spacial score (nSPS) is 17.0. The molecule has 1 fully saturated rings. The average molecular weight is 306 g/mol. The van der Waals surface area contributed by atoms with Crippen molar-refractivity contribution >= 4 is 11.8 Å². The molecule has 0 radical (unpaired) electrons. The molecule has 0 aromatic heterocycles. The zero-order valence-corrected chi connectivity index (χ0v) is 14.7. The lowest BCUT2D eigenvalue weighted by Gasteiger charge is -2.27. The number of hydrogen-bond acceptors (Lipinski definition) is 2. The summed E-state index contributed by atoms with van der Waals surface area (Å²) in [5.41, 5.74) is 3.06. The Morgan fingerprint density at radius 3 is 2.67 bits per heavy atom. The smallest absolute Gasteiger partial charge is 0.0411 e. The quantitative estimate of drug-likeness (QED) is 0.657. The van der Waals surface area contributed by atoms with E-state index in [-0.39, 0.29) is 0 Å². The number of thioether (sulfide) groups is 1. The number of benzene rings is 1. The fourth-order valence-electron chi connectivity index (χ4n) is 2.78. The van der Waals surface area contributed by atoms with Gasteiger partial charge in [0.2, 0.25) is 0 Å². The largest absolute Gasteiger partial charge is 0.309 e. The number of hydrogen-bond donors (Lipinski definition) is 1. The molecule has 1 nitrogen and oxygen atoms in total. The third-order valence-corrected chi connectivity index (χ3v) is 5.74. The molecule has 21 heavy (non-hydrogen) atoms. The molecule has 1 N–H and O–H groups in total. The number of nitrogens with one attached hydrogen (secondary N) is 1. The van der Waals surface area contributed by atoms with Crippen LogP contribution in [0.3, 0.4) is 0 Å². The van der Waals surface area contributed by atoms with Crippen molar-refractivity contribution < 1.29 is 0 Å². The van der Waals surface area contributed by atoms with Crippen LogP contribution in [0.5, 0.6) is 0 Å². The molecule has 1 aliphatic carbocycles. The van der Waals surface area contributed by atoms with Gasteiger partial charge in [0.15, 0.2) is 0 Å². The van der Waals surface area contributed by atoms with Gasteiger partial charge in [-0.3, -0.25) is 0 Å². The molecule has 1 unspecified atom stereocenters. The van der Waals surface area contributed by atoms with Crippen LogP contribution < -0.4 is 5.32 Å². The molecule has 0 amide bonds. The van der Waals surface area contributed by atoms with Gasteiger partial charge in [-0.25, -0.2) is 0 Å². The Hall–Kier alpha value is -0.470. The van der Waals surface area contributed by atoms with E-state index in [0.29, 0.717) is 6.04 Å². The van der Waals surface area contributed by atoms with Crippen molar-refractivity contribution in [3.05, 3.63) is 35.4 Å². The van der Waals surface area contributed by atoms with Crippen LogP contribution in [0.25, 0.3) is 0 Å². The Balaban J connectivity index is 2.00. The van der Waals surface area contributed by atoms with Crippen molar-refractivity contribution in [1.82, 2.24) is 5.32 Å². The summed E-state index contributed by atoms with van der Waals surface area (Å²) in [7, 11) is 0. The maximum Gasteiger partial charge on any atom is 0.0411 e. The van der Waals surface area contributed by atoms with Crippen LogP contribution in [0.1, 0.15) is 69.5 Å². The maximum absolute atomic E-state index is 3.74. The van der Waals surface area contributed by atoms with Gasteiger partial charge in [0, 0.05) is 11.8 Å². The van der Waals surface area contributed by atoms with E-state index >= 15 is 0 Å². The summed E-state index contributed by atoms with van der Waals surface area (Å²) in [4.78, 5) is 0. The lowest BCUT2D eigenvalue weighted by atomic mass is 9.79. The summed E-state index contributed by atoms with van der Waals surface area (Å²) in [6.07, 6.45) is 5.39. The van der Waals surface area contributed by atoms with Gasteiger partial charge >= 0.3 is 0 Å². The summed E-state index contributed by atoms with van der Waals surface area (Å²) < 4.78 is 0. The number of rotatable bonds is 9. The van der Waals surface area contributed by atoms with Gasteiger partial charge in [-0.15, -0.1) is 0 Å². The Labute approximate surface area is 135 Å². The van der Waals surface area contributed by atoms with Crippen molar-refractivity contribution in [2.24, 2.45) is 5.92 Å². The van der Waals surface area contributed by atoms with Crippen LogP contribution in [0, 0.1) is 5.92 Å². The highest BCUT2D eigenvalue weighted by Crippen LogP contribution is 2.37. The molecular formula is C19H31NS. The Bertz CT molecular complexity index is 412. The first kappa shape index (κ1) is 16.9. The molecule has 1 aromatic carbocycles. The lowest BCUT2D eigenvalue weighted by Crippen LogP contribution is -2.24. The molecule has 2 heteroatoms. The van der Waals surface area contributed by atoms with E-state index < -0.39 is 0 Å². The summed E-state index contributed by atoms with van der Waals surface area (Å²) >= 11 is 2.09. The summed E-state index contributed by atoms with van der Waals surface area (Å²) in [6.45, 7) is 7.97. The second-order valence-electron chi connectivity index (χ2n) is 6.74. The predicted octanol–water partition coefficient (Wildman–Crippen LogP) is 5.38. The van der Waals surface area contributed by atoms with Gasteiger partial charge in [0.05, 0.1) is 0 Å². The molecule has 2 rings (SSSR count). The molecule has 0 bridgehead atoms. The molecule has 1 atom stereocenters. The molecular weight excluding hydrogens is 274 g/mol. The first-order valence-corrected chi connectivity index (χ1v) is 9.77. The first-order chi connectivity index (χ1) is 10.2. The third-order valence-electron chi connectivity index (χ3n) is 4.27. The fourth-order valence-corrected chi connectivity index (χ4v) is 3.94. The van der Waals surface area contributed by atoms with Gasteiger partial charge in [-0.1, -0.05) is 51.5 Å². The second kappa shape index (κ2) is 8.85. The minimum Gasteiger partial charge on any atom is -0.309 e. The van der Waals surface area contributed by atoms with E-state index in [2.05, 4.69) is 62.1 Å². The Morgan fingerprint density at radius 1 is 1.24 bits per heavy atom. The van der Waals surface area contributed by atoms with Crippen LogP contribution in [-0.2, 0) is 0 Å². The zero-order valence-electron chi connectivity index (χ0n) is 13.9. The van der Waals surface area contributed by atoms with Gasteiger partial charge in [-0.05, 0) is 54.5 Å².